The summed E-state index contributed by atoms with van der Waals surface area (Å²) in [5.74, 6) is 2.83. The molecule has 0 aromatic carbocycles. The van der Waals surface area contributed by atoms with Crippen molar-refractivity contribution in [1.29, 1.82) is 0 Å². The van der Waals surface area contributed by atoms with Gasteiger partial charge in [-0.15, -0.1) is 0 Å². The summed E-state index contributed by atoms with van der Waals surface area (Å²) in [5, 5.41) is 0. The van der Waals surface area contributed by atoms with Gasteiger partial charge in [-0.25, -0.2) is 0 Å². The largest absolute Gasteiger partial charge is 0.0628 e. The van der Waals surface area contributed by atoms with Crippen LogP contribution in [0.4, 0.5) is 0 Å². The third-order valence-electron chi connectivity index (χ3n) is 4.06. The fraction of sp³-hybridized carbons (Fsp3) is 1.00. The summed E-state index contributed by atoms with van der Waals surface area (Å²) in [6, 6.07) is 0. The Kier molecular flexibility index (Phi) is 4.04. The van der Waals surface area contributed by atoms with E-state index in [4.69, 9.17) is 0 Å². The van der Waals surface area contributed by atoms with Gasteiger partial charge in [0.15, 0.2) is 0 Å². The summed E-state index contributed by atoms with van der Waals surface area (Å²) >= 11 is 0. The lowest BCUT2D eigenvalue weighted by atomic mass is 9.66. The monoisotopic (exact) mass is 196 g/mol. The SMILES string of the molecule is CC(C)CC(C)(C)C1CCC(C)CC1. The molecule has 0 nitrogen and oxygen atoms in total. The molecule has 0 unspecified atom stereocenters. The van der Waals surface area contributed by atoms with Gasteiger partial charge in [0.1, 0.15) is 0 Å². The molecule has 0 spiro atoms. The van der Waals surface area contributed by atoms with Crippen molar-refractivity contribution in [3.63, 3.8) is 0 Å². The molecule has 0 N–H and O–H groups in total. The predicted octanol–water partition coefficient (Wildman–Crippen LogP) is 4.89. The molecule has 1 rings (SSSR count). The second-order valence-corrected chi connectivity index (χ2v) is 6.54. The van der Waals surface area contributed by atoms with Crippen molar-refractivity contribution >= 4 is 0 Å². The third kappa shape index (κ3) is 3.29. The summed E-state index contributed by atoms with van der Waals surface area (Å²) in [7, 11) is 0. The topological polar surface area (TPSA) is 0 Å². The highest BCUT2D eigenvalue weighted by Crippen LogP contribution is 2.43. The highest BCUT2D eigenvalue weighted by Gasteiger charge is 2.32. The van der Waals surface area contributed by atoms with E-state index in [0.29, 0.717) is 5.41 Å². The van der Waals surface area contributed by atoms with Crippen molar-refractivity contribution in [2.24, 2.45) is 23.2 Å². The maximum atomic E-state index is 2.48. The Bertz CT molecular complexity index is 159. The fourth-order valence-corrected chi connectivity index (χ4v) is 3.26. The Labute approximate surface area is 90.5 Å². The van der Waals surface area contributed by atoms with E-state index in [1.165, 1.54) is 32.1 Å². The lowest BCUT2D eigenvalue weighted by Gasteiger charge is -2.39. The van der Waals surface area contributed by atoms with Gasteiger partial charge in [0, 0.05) is 0 Å². The molecule has 0 heteroatoms. The standard InChI is InChI=1S/C14H28/c1-11(2)10-14(4,5)13-8-6-12(3)7-9-13/h11-13H,6-10H2,1-5H3. The molecule has 0 aromatic rings. The molecule has 0 aliphatic heterocycles. The van der Waals surface area contributed by atoms with Crippen LogP contribution in [0, 0.1) is 23.2 Å². The molecule has 1 saturated carbocycles. The maximum absolute atomic E-state index is 2.48. The summed E-state index contributed by atoms with van der Waals surface area (Å²) in [6.45, 7) is 12.1. The van der Waals surface area contributed by atoms with Gasteiger partial charge >= 0.3 is 0 Å². The zero-order valence-electron chi connectivity index (χ0n) is 10.8. The van der Waals surface area contributed by atoms with Gasteiger partial charge in [0.2, 0.25) is 0 Å². The molecule has 1 fully saturated rings. The molecule has 1 aliphatic rings. The van der Waals surface area contributed by atoms with Crippen LogP contribution in [0.2, 0.25) is 0 Å². The number of hydrogen-bond donors (Lipinski definition) is 0. The van der Waals surface area contributed by atoms with Crippen LogP contribution < -0.4 is 0 Å². The Morgan fingerprint density at radius 2 is 1.57 bits per heavy atom. The van der Waals surface area contributed by atoms with E-state index in [-0.39, 0.29) is 0 Å². The minimum absolute atomic E-state index is 0.578. The van der Waals surface area contributed by atoms with Crippen molar-refractivity contribution in [3.8, 4) is 0 Å². The molecule has 1 aliphatic carbocycles. The van der Waals surface area contributed by atoms with Gasteiger partial charge in [-0.3, -0.25) is 0 Å². The van der Waals surface area contributed by atoms with E-state index in [1.807, 2.05) is 0 Å². The zero-order chi connectivity index (χ0) is 10.8. The van der Waals surface area contributed by atoms with Crippen LogP contribution in [-0.2, 0) is 0 Å². The molecule has 84 valence electrons. The molecule has 0 radical (unpaired) electrons. The van der Waals surface area contributed by atoms with Crippen LogP contribution in [0.5, 0.6) is 0 Å². The molecule has 0 aromatic heterocycles. The molecule has 0 amide bonds. The van der Waals surface area contributed by atoms with Crippen LogP contribution >= 0.6 is 0 Å². The van der Waals surface area contributed by atoms with Crippen LogP contribution in [0.1, 0.15) is 66.7 Å². The Balaban J connectivity index is 2.46. The van der Waals surface area contributed by atoms with Gasteiger partial charge < -0.3 is 0 Å². The van der Waals surface area contributed by atoms with Crippen molar-refractivity contribution < 1.29 is 0 Å². The van der Waals surface area contributed by atoms with Crippen LogP contribution in [-0.4, -0.2) is 0 Å². The molecule has 0 saturated heterocycles. The van der Waals surface area contributed by atoms with Gasteiger partial charge in [-0.1, -0.05) is 47.5 Å². The summed E-state index contributed by atoms with van der Waals surface area (Å²) in [4.78, 5) is 0. The van der Waals surface area contributed by atoms with E-state index >= 15 is 0 Å². The second-order valence-electron chi connectivity index (χ2n) is 6.54. The van der Waals surface area contributed by atoms with E-state index in [1.54, 1.807) is 0 Å². The normalized spacial score (nSPS) is 29.6. The molecule has 0 atom stereocenters. The van der Waals surface area contributed by atoms with Crippen LogP contribution in [0.15, 0.2) is 0 Å². The Morgan fingerprint density at radius 1 is 1.07 bits per heavy atom. The van der Waals surface area contributed by atoms with Gasteiger partial charge in [-0.05, 0) is 42.4 Å². The Morgan fingerprint density at radius 3 is 2.00 bits per heavy atom. The Hall–Kier alpha value is 0. The molecular weight excluding hydrogens is 168 g/mol. The average molecular weight is 196 g/mol. The molecular formula is C14H28. The molecule has 0 bridgehead atoms. The third-order valence-corrected chi connectivity index (χ3v) is 4.06. The van der Waals surface area contributed by atoms with Crippen LogP contribution in [0.25, 0.3) is 0 Å². The average Bonchev–Trinajstić information content (AvgIpc) is 2.02. The highest BCUT2D eigenvalue weighted by atomic mass is 14.4. The predicted molar refractivity (Wildman–Crippen MR) is 64.4 cm³/mol. The first-order chi connectivity index (χ1) is 6.42. The van der Waals surface area contributed by atoms with Crippen LogP contribution in [0.3, 0.4) is 0 Å². The van der Waals surface area contributed by atoms with Crippen molar-refractivity contribution in [1.82, 2.24) is 0 Å². The van der Waals surface area contributed by atoms with E-state index < -0.39 is 0 Å². The quantitative estimate of drug-likeness (QED) is 0.603. The summed E-state index contributed by atoms with van der Waals surface area (Å²) < 4.78 is 0. The number of hydrogen-bond acceptors (Lipinski definition) is 0. The van der Waals surface area contributed by atoms with E-state index in [9.17, 15) is 0 Å². The first-order valence-electron chi connectivity index (χ1n) is 6.42. The molecule has 0 heterocycles. The van der Waals surface area contributed by atoms with Gasteiger partial charge in [0.05, 0.1) is 0 Å². The molecule has 14 heavy (non-hydrogen) atoms. The fourth-order valence-electron chi connectivity index (χ4n) is 3.26. The zero-order valence-corrected chi connectivity index (χ0v) is 10.8. The van der Waals surface area contributed by atoms with Crippen molar-refractivity contribution in [2.45, 2.75) is 66.7 Å². The minimum atomic E-state index is 0.578. The number of rotatable bonds is 3. The lowest BCUT2D eigenvalue weighted by molar-refractivity contribution is 0.113. The summed E-state index contributed by atoms with van der Waals surface area (Å²) in [5.41, 5.74) is 0.578. The first kappa shape index (κ1) is 12.1. The highest BCUT2D eigenvalue weighted by molar-refractivity contribution is 4.83. The maximum Gasteiger partial charge on any atom is -0.0323 e. The van der Waals surface area contributed by atoms with E-state index in [2.05, 4.69) is 34.6 Å². The summed E-state index contributed by atoms with van der Waals surface area (Å²) in [6.07, 6.45) is 7.27. The van der Waals surface area contributed by atoms with Crippen molar-refractivity contribution in [2.75, 3.05) is 0 Å². The van der Waals surface area contributed by atoms with Crippen molar-refractivity contribution in [3.05, 3.63) is 0 Å². The minimum Gasteiger partial charge on any atom is -0.0628 e. The first-order valence-corrected chi connectivity index (χ1v) is 6.42. The van der Waals surface area contributed by atoms with Gasteiger partial charge in [-0.2, -0.15) is 0 Å². The second kappa shape index (κ2) is 4.68. The lowest BCUT2D eigenvalue weighted by Crippen LogP contribution is -2.29. The smallest absolute Gasteiger partial charge is 0.0323 e. The van der Waals surface area contributed by atoms with Gasteiger partial charge in [0.25, 0.3) is 0 Å². The van der Waals surface area contributed by atoms with E-state index in [0.717, 1.165) is 17.8 Å².